The molecule has 22 heavy (non-hydrogen) atoms. The first-order valence-corrected chi connectivity index (χ1v) is 7.07. The molecule has 1 aromatic rings. The molecule has 0 fully saturated rings. The Hall–Kier alpha value is -2.11. The van der Waals surface area contributed by atoms with Crippen LogP contribution in [0.3, 0.4) is 0 Å². The molecule has 1 heterocycles. The molecule has 0 aromatic heterocycles. The molecule has 6 heteroatoms. The second kappa shape index (κ2) is 5.94. The average molecular weight is 309 g/mol. The Balaban J connectivity index is 2.04. The number of rotatable bonds is 3. The van der Waals surface area contributed by atoms with Crippen LogP contribution in [0.2, 0.25) is 0 Å². The molecule has 1 amide bonds. The van der Waals surface area contributed by atoms with E-state index in [-0.39, 0.29) is 19.2 Å². The van der Waals surface area contributed by atoms with Gasteiger partial charge >= 0.3 is 12.1 Å². The smallest absolute Gasteiger partial charge is 0.407 e. The molecule has 1 aromatic carbocycles. The van der Waals surface area contributed by atoms with Crippen molar-refractivity contribution in [1.29, 1.82) is 0 Å². The van der Waals surface area contributed by atoms with Gasteiger partial charge in [-0.15, -0.1) is 0 Å². The van der Waals surface area contributed by atoms with Gasteiger partial charge in [0.1, 0.15) is 13.2 Å². The van der Waals surface area contributed by atoms with Gasteiger partial charge < -0.3 is 14.8 Å². The summed E-state index contributed by atoms with van der Waals surface area (Å²) in [5.41, 5.74) is 1.80. The number of esters is 1. The molecule has 0 spiro atoms. The van der Waals surface area contributed by atoms with Crippen molar-refractivity contribution in [2.75, 3.05) is 6.61 Å². The molecule has 1 N–H and O–H groups in total. The van der Waals surface area contributed by atoms with Crippen molar-refractivity contribution < 1.29 is 23.5 Å². The quantitative estimate of drug-likeness (QED) is 0.871. The predicted molar refractivity (Wildman–Crippen MR) is 78.4 cm³/mol. The molecule has 0 bridgehead atoms. The molecule has 1 atom stereocenters. The molecule has 0 aliphatic carbocycles. The fourth-order valence-corrected chi connectivity index (χ4v) is 2.29. The first kappa shape index (κ1) is 16.3. The van der Waals surface area contributed by atoms with Gasteiger partial charge in [-0.1, -0.05) is 6.07 Å². The number of halogens is 1. The molecule has 0 saturated carbocycles. The van der Waals surface area contributed by atoms with Crippen LogP contribution >= 0.6 is 0 Å². The Morgan fingerprint density at radius 1 is 1.45 bits per heavy atom. The first-order valence-electron chi connectivity index (χ1n) is 7.07. The molecular formula is C16H20FNO4. The predicted octanol–water partition coefficient (Wildman–Crippen LogP) is 3.20. The maximum Gasteiger partial charge on any atom is 0.407 e. The van der Waals surface area contributed by atoms with E-state index in [1.165, 1.54) is 6.07 Å². The Kier molecular flexibility index (Phi) is 4.39. The van der Waals surface area contributed by atoms with E-state index in [1.807, 2.05) is 20.8 Å². The summed E-state index contributed by atoms with van der Waals surface area (Å²) in [7, 11) is 0. The minimum absolute atomic E-state index is 0.159. The zero-order chi connectivity index (χ0) is 16.5. The standard InChI is InChI=1S/C16H20FNO4/c1-9-10(5-6-11-12(9)7-21-14(11)19)13(17)8-22-15(20)18-16(2,3)4/h5-6,13H,7-8H2,1-4H3,(H,18,20)/t13-/m0/s1. The fraction of sp³-hybridized carbons (Fsp3) is 0.500. The lowest BCUT2D eigenvalue weighted by Gasteiger charge is -2.21. The van der Waals surface area contributed by atoms with E-state index in [9.17, 15) is 14.0 Å². The van der Waals surface area contributed by atoms with Crippen molar-refractivity contribution in [2.24, 2.45) is 0 Å². The maximum absolute atomic E-state index is 14.3. The molecule has 120 valence electrons. The Bertz CT molecular complexity index is 607. The lowest BCUT2D eigenvalue weighted by molar-refractivity contribution is 0.0534. The number of alkyl halides is 1. The summed E-state index contributed by atoms with van der Waals surface area (Å²) < 4.78 is 24.2. The van der Waals surface area contributed by atoms with Crippen molar-refractivity contribution >= 4 is 12.1 Å². The lowest BCUT2D eigenvalue weighted by Crippen LogP contribution is -2.41. The van der Waals surface area contributed by atoms with Crippen LogP contribution in [-0.2, 0) is 16.1 Å². The van der Waals surface area contributed by atoms with Gasteiger partial charge in [-0.25, -0.2) is 14.0 Å². The van der Waals surface area contributed by atoms with Gasteiger partial charge in [0.25, 0.3) is 0 Å². The molecule has 5 nitrogen and oxygen atoms in total. The first-order chi connectivity index (χ1) is 10.2. The number of benzene rings is 1. The zero-order valence-corrected chi connectivity index (χ0v) is 13.2. The van der Waals surface area contributed by atoms with Gasteiger partial charge in [-0.2, -0.15) is 0 Å². The minimum Gasteiger partial charge on any atom is -0.457 e. The van der Waals surface area contributed by atoms with Crippen molar-refractivity contribution in [3.63, 3.8) is 0 Å². The number of fused-ring (bicyclic) bond motifs is 1. The Morgan fingerprint density at radius 2 is 2.14 bits per heavy atom. The number of cyclic esters (lactones) is 1. The van der Waals surface area contributed by atoms with Crippen LogP contribution in [0.1, 0.15) is 54.0 Å². The number of nitrogens with one attached hydrogen (secondary N) is 1. The van der Waals surface area contributed by atoms with Crippen LogP contribution in [0.25, 0.3) is 0 Å². The summed E-state index contributed by atoms with van der Waals surface area (Å²) >= 11 is 0. The maximum atomic E-state index is 14.3. The number of amides is 1. The number of carbonyl (C=O) groups excluding carboxylic acids is 2. The molecule has 1 aliphatic heterocycles. The fourth-order valence-electron chi connectivity index (χ4n) is 2.29. The molecule has 0 radical (unpaired) electrons. The normalized spacial score (nSPS) is 15.0. The van der Waals surface area contributed by atoms with Crippen LogP contribution in [0.4, 0.5) is 9.18 Å². The van der Waals surface area contributed by atoms with Crippen LogP contribution in [0, 0.1) is 6.92 Å². The Morgan fingerprint density at radius 3 is 2.77 bits per heavy atom. The van der Waals surface area contributed by atoms with Crippen molar-refractivity contribution in [1.82, 2.24) is 5.32 Å². The summed E-state index contributed by atoms with van der Waals surface area (Å²) in [4.78, 5) is 23.0. The summed E-state index contributed by atoms with van der Waals surface area (Å²) in [6.45, 7) is 6.94. The number of ether oxygens (including phenoxy) is 2. The van der Waals surface area contributed by atoms with Crippen LogP contribution in [0.5, 0.6) is 0 Å². The summed E-state index contributed by atoms with van der Waals surface area (Å²) in [6.07, 6.45) is -2.11. The summed E-state index contributed by atoms with van der Waals surface area (Å²) in [5, 5.41) is 2.60. The van der Waals surface area contributed by atoms with Crippen LogP contribution in [-0.4, -0.2) is 24.2 Å². The minimum atomic E-state index is -1.45. The largest absolute Gasteiger partial charge is 0.457 e. The number of hydrogen-bond donors (Lipinski definition) is 1. The highest BCUT2D eigenvalue weighted by Crippen LogP contribution is 2.30. The topological polar surface area (TPSA) is 64.6 Å². The third-order valence-corrected chi connectivity index (χ3v) is 3.38. The van der Waals surface area contributed by atoms with Gasteiger partial charge in [-0.3, -0.25) is 0 Å². The van der Waals surface area contributed by atoms with E-state index in [1.54, 1.807) is 13.0 Å². The van der Waals surface area contributed by atoms with Crippen molar-refractivity contribution in [3.05, 3.63) is 34.4 Å². The van der Waals surface area contributed by atoms with Gasteiger partial charge in [0.05, 0.1) is 5.56 Å². The third kappa shape index (κ3) is 3.55. The SMILES string of the molecule is Cc1c([C@@H](F)COC(=O)NC(C)(C)C)ccc2c1COC2=O. The third-order valence-electron chi connectivity index (χ3n) is 3.38. The number of carbonyl (C=O) groups is 2. The summed E-state index contributed by atoms with van der Waals surface area (Å²) in [5.74, 6) is -0.388. The van der Waals surface area contributed by atoms with Gasteiger partial charge in [0.2, 0.25) is 0 Å². The van der Waals surface area contributed by atoms with Crippen LogP contribution in [0.15, 0.2) is 12.1 Å². The molecule has 0 saturated heterocycles. The zero-order valence-electron chi connectivity index (χ0n) is 13.2. The van der Waals surface area contributed by atoms with E-state index in [2.05, 4.69) is 5.32 Å². The van der Waals surface area contributed by atoms with Crippen LogP contribution < -0.4 is 5.32 Å². The number of alkyl carbamates (subject to hydrolysis) is 1. The lowest BCUT2D eigenvalue weighted by atomic mass is 9.96. The molecular weight excluding hydrogens is 289 g/mol. The highest BCUT2D eigenvalue weighted by Gasteiger charge is 2.26. The van der Waals surface area contributed by atoms with E-state index in [0.29, 0.717) is 22.3 Å². The van der Waals surface area contributed by atoms with Gasteiger partial charge in [0, 0.05) is 11.1 Å². The second-order valence-electron chi connectivity index (χ2n) is 6.32. The number of hydrogen-bond acceptors (Lipinski definition) is 4. The highest BCUT2D eigenvalue weighted by molar-refractivity contribution is 5.93. The van der Waals surface area contributed by atoms with Crippen molar-refractivity contribution in [2.45, 2.75) is 46.0 Å². The second-order valence-corrected chi connectivity index (χ2v) is 6.32. The highest BCUT2D eigenvalue weighted by atomic mass is 19.1. The van der Waals surface area contributed by atoms with Gasteiger partial charge in [-0.05, 0) is 44.9 Å². The molecule has 2 rings (SSSR count). The summed E-state index contributed by atoms with van der Waals surface area (Å²) in [6, 6.07) is 3.09. The Labute approximate surface area is 128 Å². The molecule has 0 unspecified atom stereocenters. The molecule has 1 aliphatic rings. The van der Waals surface area contributed by atoms with Gasteiger partial charge in [0.15, 0.2) is 6.17 Å². The van der Waals surface area contributed by atoms with E-state index >= 15 is 0 Å². The van der Waals surface area contributed by atoms with E-state index < -0.39 is 17.8 Å². The average Bonchev–Trinajstić information content (AvgIpc) is 2.77. The van der Waals surface area contributed by atoms with Crippen molar-refractivity contribution in [3.8, 4) is 0 Å². The monoisotopic (exact) mass is 309 g/mol. The van der Waals surface area contributed by atoms with E-state index in [0.717, 1.165) is 0 Å². The van der Waals surface area contributed by atoms with E-state index in [4.69, 9.17) is 9.47 Å².